The Morgan fingerprint density at radius 1 is 0.886 bits per heavy atom. The van der Waals surface area contributed by atoms with Gasteiger partial charge in [-0.05, 0) is 45.0 Å². The number of amides is 1. The van der Waals surface area contributed by atoms with Crippen LogP contribution in [-0.4, -0.2) is 34.8 Å². The normalized spacial score (nSPS) is 12.9. The predicted octanol–water partition coefficient (Wildman–Crippen LogP) is 5.28. The minimum absolute atomic E-state index is 0.0902. The number of carboxylic acids is 1. The van der Waals surface area contributed by atoms with Crippen LogP contribution < -0.4 is 5.32 Å². The quantitative estimate of drug-likeness (QED) is 0.388. The van der Waals surface area contributed by atoms with Crippen LogP contribution in [0.1, 0.15) is 22.6 Å². The number of rotatable bonds is 7. The van der Waals surface area contributed by atoms with Crippen molar-refractivity contribution in [2.45, 2.75) is 18.4 Å². The summed E-state index contributed by atoms with van der Waals surface area (Å²) in [5.74, 6) is -1.21. The van der Waals surface area contributed by atoms with Gasteiger partial charge in [0.15, 0.2) is 0 Å². The molecule has 0 bridgehead atoms. The van der Waals surface area contributed by atoms with E-state index in [0.29, 0.717) is 0 Å². The minimum atomic E-state index is -1.12. The molecule has 0 spiro atoms. The van der Waals surface area contributed by atoms with Gasteiger partial charge in [-0.3, -0.25) is 4.98 Å². The van der Waals surface area contributed by atoms with Crippen molar-refractivity contribution in [1.29, 1.82) is 0 Å². The maximum atomic E-state index is 12.6. The highest BCUT2D eigenvalue weighted by Crippen LogP contribution is 2.44. The Morgan fingerprint density at radius 2 is 1.57 bits per heavy atom. The van der Waals surface area contributed by atoms with Crippen molar-refractivity contribution in [1.82, 2.24) is 10.3 Å². The smallest absolute Gasteiger partial charge is 0.407 e. The molecule has 0 aliphatic heterocycles. The van der Waals surface area contributed by atoms with Gasteiger partial charge in [0, 0.05) is 24.7 Å². The Hall–Kier alpha value is -4.45. The zero-order chi connectivity index (χ0) is 24.2. The fourth-order valence-corrected chi connectivity index (χ4v) is 4.63. The van der Waals surface area contributed by atoms with Crippen LogP contribution in [0.2, 0.25) is 0 Å². The van der Waals surface area contributed by atoms with Crippen LogP contribution in [0.3, 0.4) is 0 Å². The lowest BCUT2D eigenvalue weighted by molar-refractivity contribution is -0.139. The molecule has 0 unspecified atom stereocenters. The molecule has 1 heterocycles. The first-order valence-corrected chi connectivity index (χ1v) is 11.4. The topological polar surface area (TPSA) is 88.5 Å². The number of hydrogen-bond acceptors (Lipinski definition) is 4. The van der Waals surface area contributed by atoms with Gasteiger partial charge in [-0.1, -0.05) is 78.9 Å². The first kappa shape index (κ1) is 22.3. The Kier molecular flexibility index (Phi) is 6.26. The number of fused-ring (bicyclic) bond motifs is 3. The van der Waals surface area contributed by atoms with Crippen LogP contribution in [0.5, 0.6) is 0 Å². The predicted molar refractivity (Wildman–Crippen MR) is 133 cm³/mol. The summed E-state index contributed by atoms with van der Waals surface area (Å²) in [6.07, 6.45) is 2.84. The summed E-state index contributed by atoms with van der Waals surface area (Å²) < 4.78 is 5.53. The number of hydrogen-bond donors (Lipinski definition) is 2. The molecule has 3 aromatic carbocycles. The molecule has 1 aliphatic carbocycles. The number of aliphatic carboxylic acids is 1. The van der Waals surface area contributed by atoms with Crippen molar-refractivity contribution in [3.8, 4) is 22.3 Å². The molecule has 35 heavy (non-hydrogen) atoms. The molecule has 1 amide bonds. The largest absolute Gasteiger partial charge is 0.480 e. The Bertz CT molecular complexity index is 1320. The van der Waals surface area contributed by atoms with Crippen molar-refractivity contribution < 1.29 is 19.4 Å². The molecular weight excluding hydrogens is 440 g/mol. The molecule has 1 atom stereocenters. The summed E-state index contributed by atoms with van der Waals surface area (Å²) in [7, 11) is 0. The molecule has 0 radical (unpaired) electrons. The van der Waals surface area contributed by atoms with Crippen molar-refractivity contribution in [2.24, 2.45) is 0 Å². The van der Waals surface area contributed by atoms with Crippen molar-refractivity contribution in [3.63, 3.8) is 0 Å². The summed E-state index contributed by atoms with van der Waals surface area (Å²) in [5, 5.41) is 12.3. The third kappa shape index (κ3) is 4.77. The van der Waals surface area contributed by atoms with E-state index in [9.17, 15) is 14.7 Å². The Labute approximate surface area is 203 Å². The monoisotopic (exact) mass is 464 g/mol. The number of benzene rings is 3. The second-order valence-electron chi connectivity index (χ2n) is 8.51. The molecule has 5 rings (SSSR count). The van der Waals surface area contributed by atoms with E-state index in [1.54, 1.807) is 12.4 Å². The molecule has 6 heteroatoms. The zero-order valence-electron chi connectivity index (χ0n) is 18.9. The number of alkyl carbamates (subject to hydrolysis) is 1. The van der Waals surface area contributed by atoms with E-state index in [1.165, 1.54) is 0 Å². The van der Waals surface area contributed by atoms with Gasteiger partial charge in [-0.2, -0.15) is 0 Å². The fourth-order valence-electron chi connectivity index (χ4n) is 4.63. The fraction of sp³-hybridized carbons (Fsp3) is 0.138. The average Bonchev–Trinajstić information content (AvgIpc) is 3.21. The third-order valence-corrected chi connectivity index (χ3v) is 6.30. The van der Waals surface area contributed by atoms with Crippen molar-refractivity contribution in [3.05, 3.63) is 114 Å². The highest BCUT2D eigenvalue weighted by atomic mass is 16.5. The molecule has 174 valence electrons. The van der Waals surface area contributed by atoms with Gasteiger partial charge in [0.25, 0.3) is 0 Å². The number of aromatic nitrogens is 1. The van der Waals surface area contributed by atoms with Crippen molar-refractivity contribution >= 4 is 12.1 Å². The van der Waals surface area contributed by atoms with Crippen LogP contribution in [0, 0.1) is 0 Å². The molecule has 1 aromatic heterocycles. The summed E-state index contributed by atoms with van der Waals surface area (Å²) in [6, 6.07) is 26.4. The number of pyridine rings is 1. The van der Waals surface area contributed by atoms with Crippen LogP contribution in [-0.2, 0) is 16.0 Å². The zero-order valence-corrected chi connectivity index (χ0v) is 18.9. The molecule has 0 saturated carbocycles. The van der Waals surface area contributed by atoms with E-state index in [4.69, 9.17) is 4.74 Å². The first-order chi connectivity index (χ1) is 17.1. The highest BCUT2D eigenvalue weighted by Gasteiger charge is 2.29. The third-order valence-electron chi connectivity index (χ3n) is 6.30. The molecule has 0 fully saturated rings. The second-order valence-corrected chi connectivity index (χ2v) is 8.51. The number of ether oxygens (including phenoxy) is 1. The number of carbonyl (C=O) groups is 2. The van der Waals surface area contributed by atoms with Gasteiger partial charge in [0.2, 0.25) is 0 Å². The average molecular weight is 465 g/mol. The van der Waals surface area contributed by atoms with Gasteiger partial charge in [-0.15, -0.1) is 0 Å². The minimum Gasteiger partial charge on any atom is -0.480 e. The second kappa shape index (κ2) is 9.81. The summed E-state index contributed by atoms with van der Waals surface area (Å²) in [6.45, 7) is 0.128. The maximum Gasteiger partial charge on any atom is 0.407 e. The first-order valence-electron chi connectivity index (χ1n) is 11.4. The van der Waals surface area contributed by atoms with E-state index in [2.05, 4.69) is 22.4 Å². The molecule has 1 aliphatic rings. The molecule has 2 N–H and O–H groups in total. The lowest BCUT2D eigenvalue weighted by Crippen LogP contribution is -2.42. The van der Waals surface area contributed by atoms with E-state index in [-0.39, 0.29) is 18.9 Å². The molecular formula is C29H24N2O4. The van der Waals surface area contributed by atoms with Gasteiger partial charge < -0.3 is 15.2 Å². The van der Waals surface area contributed by atoms with Gasteiger partial charge in [0.05, 0.1) is 0 Å². The summed E-state index contributed by atoms with van der Waals surface area (Å²) in [5.41, 5.74) is 7.12. The van der Waals surface area contributed by atoms with Crippen LogP contribution in [0.25, 0.3) is 22.3 Å². The number of carbonyl (C=O) groups excluding carboxylic acids is 1. The van der Waals surface area contributed by atoms with Gasteiger partial charge in [0.1, 0.15) is 12.6 Å². The Morgan fingerprint density at radius 3 is 2.23 bits per heavy atom. The number of nitrogens with zero attached hydrogens (tertiary/aromatic N) is 1. The lowest BCUT2D eigenvalue weighted by Gasteiger charge is -2.18. The molecule has 4 aromatic rings. The molecule has 0 saturated heterocycles. The van der Waals surface area contributed by atoms with E-state index in [0.717, 1.165) is 38.9 Å². The van der Waals surface area contributed by atoms with Crippen LogP contribution in [0.15, 0.2) is 97.3 Å². The Balaban J connectivity index is 1.26. The van der Waals surface area contributed by atoms with E-state index < -0.39 is 18.1 Å². The van der Waals surface area contributed by atoms with E-state index >= 15 is 0 Å². The highest BCUT2D eigenvalue weighted by molar-refractivity contribution is 5.81. The van der Waals surface area contributed by atoms with Gasteiger partial charge in [-0.25, -0.2) is 9.59 Å². The SMILES string of the molecule is O=C(N[C@@H](Cc1cccc(-c2cccnc2)c1)C(=O)O)OCC1c2ccccc2-c2ccccc21. The maximum absolute atomic E-state index is 12.6. The molecule has 6 nitrogen and oxygen atoms in total. The summed E-state index contributed by atoms with van der Waals surface area (Å²) >= 11 is 0. The van der Waals surface area contributed by atoms with E-state index in [1.807, 2.05) is 72.8 Å². The standard InChI is InChI=1S/C29H24N2O4/c32-28(33)27(16-19-7-5-8-20(15-19)21-9-6-14-30-17-21)31-29(34)35-18-26-24-12-3-1-10-22(24)23-11-2-4-13-25(23)26/h1-15,17,26-27H,16,18H2,(H,31,34)(H,32,33)/t27-/m0/s1. The van der Waals surface area contributed by atoms with Gasteiger partial charge >= 0.3 is 12.1 Å². The van der Waals surface area contributed by atoms with Crippen molar-refractivity contribution in [2.75, 3.05) is 6.61 Å². The summed E-state index contributed by atoms with van der Waals surface area (Å²) in [4.78, 5) is 28.6. The van der Waals surface area contributed by atoms with Crippen LogP contribution >= 0.6 is 0 Å². The number of nitrogens with one attached hydrogen (secondary N) is 1. The number of carboxylic acid groups (broad SMARTS) is 1. The van der Waals surface area contributed by atoms with Crippen LogP contribution in [0.4, 0.5) is 4.79 Å². The lowest BCUT2D eigenvalue weighted by atomic mass is 9.98.